The summed E-state index contributed by atoms with van der Waals surface area (Å²) >= 11 is 6.00. The number of nitrogens with two attached hydrogens (primary N) is 1. The third-order valence-corrected chi connectivity index (χ3v) is 4.27. The molecule has 2 aromatic rings. The molecule has 2 aliphatic rings. The zero-order valence-electron chi connectivity index (χ0n) is 13.9. The maximum atomic E-state index is 8.78. The van der Waals surface area contributed by atoms with Crippen molar-refractivity contribution in [1.29, 1.82) is 0 Å². The Labute approximate surface area is 150 Å². The molecule has 2 aromatic heterocycles. The molecule has 2 fully saturated rings. The molecule has 0 aliphatic carbocycles. The average molecular weight is 371 g/mol. The molecule has 0 radical (unpaired) electrons. The lowest BCUT2D eigenvalue weighted by Crippen LogP contribution is -2.37. The third kappa shape index (κ3) is 4.91. The number of fused-ring (bicyclic) bond motifs is 1. The van der Waals surface area contributed by atoms with E-state index in [4.69, 9.17) is 31.9 Å². The summed E-state index contributed by atoms with van der Waals surface area (Å²) in [7, 11) is 0. The van der Waals surface area contributed by atoms with Crippen LogP contribution in [0.3, 0.4) is 0 Å². The summed E-state index contributed by atoms with van der Waals surface area (Å²) in [6, 6.07) is 0.359. The number of anilines is 1. The lowest BCUT2D eigenvalue weighted by molar-refractivity contribution is -0.00535. The summed E-state index contributed by atoms with van der Waals surface area (Å²) in [6.07, 6.45) is 5.43. The van der Waals surface area contributed by atoms with E-state index in [1.54, 1.807) is 0 Å². The molecular weight excluding hydrogens is 348 g/mol. The van der Waals surface area contributed by atoms with Crippen LogP contribution in [0.1, 0.15) is 25.7 Å². The Morgan fingerprint density at radius 1 is 1.40 bits per heavy atom. The molecule has 0 amide bonds. The maximum Gasteiger partial charge on any atom is 0.320 e. The van der Waals surface area contributed by atoms with Gasteiger partial charge >= 0.3 is 6.01 Å². The number of aromatic nitrogens is 4. The monoisotopic (exact) mass is 370 g/mol. The van der Waals surface area contributed by atoms with Crippen LogP contribution in [-0.4, -0.2) is 63.2 Å². The number of ether oxygens (including phenoxy) is 2. The van der Waals surface area contributed by atoms with Crippen molar-refractivity contribution in [2.24, 2.45) is 0 Å². The summed E-state index contributed by atoms with van der Waals surface area (Å²) in [5, 5.41) is 16.4. The van der Waals surface area contributed by atoms with Crippen molar-refractivity contribution in [3.63, 3.8) is 0 Å². The first-order valence-electron chi connectivity index (χ1n) is 8.43. The topological polar surface area (TPSA) is 120 Å². The van der Waals surface area contributed by atoms with Crippen molar-refractivity contribution < 1.29 is 14.6 Å². The summed E-state index contributed by atoms with van der Waals surface area (Å²) in [5.74, 6) is 0.156. The van der Waals surface area contributed by atoms with E-state index in [0.717, 1.165) is 45.4 Å². The number of rotatable bonds is 2. The zero-order valence-corrected chi connectivity index (χ0v) is 14.7. The number of nitrogen functional groups attached to an aromatic ring is 1. The fourth-order valence-corrected chi connectivity index (χ4v) is 2.91. The van der Waals surface area contributed by atoms with Gasteiger partial charge in [0.15, 0.2) is 5.15 Å². The van der Waals surface area contributed by atoms with Crippen molar-refractivity contribution >= 4 is 23.1 Å². The van der Waals surface area contributed by atoms with E-state index in [1.165, 1.54) is 10.7 Å². The van der Waals surface area contributed by atoms with Crippen LogP contribution in [0.15, 0.2) is 6.20 Å². The number of piperidine rings is 1. The van der Waals surface area contributed by atoms with Gasteiger partial charge in [0.25, 0.3) is 0 Å². The van der Waals surface area contributed by atoms with Crippen LogP contribution >= 0.6 is 11.6 Å². The molecule has 2 saturated heterocycles. The first kappa shape index (κ1) is 18.1. The second-order valence-electron chi connectivity index (χ2n) is 6.06. The van der Waals surface area contributed by atoms with E-state index in [1.807, 2.05) is 0 Å². The molecule has 4 N–H and O–H groups in total. The Bertz CT molecular complexity index is 685. The molecule has 9 nitrogen and oxygen atoms in total. The quantitative estimate of drug-likeness (QED) is 0.704. The zero-order chi connectivity index (χ0) is 17.6. The van der Waals surface area contributed by atoms with Gasteiger partial charge in [-0.2, -0.15) is 9.50 Å². The van der Waals surface area contributed by atoms with Gasteiger partial charge < -0.3 is 25.6 Å². The molecule has 0 saturated carbocycles. The Hall–Kier alpha value is -1.68. The van der Waals surface area contributed by atoms with E-state index in [-0.39, 0.29) is 18.2 Å². The Balaban J connectivity index is 0.000000219. The molecule has 0 spiro atoms. The Morgan fingerprint density at radius 3 is 2.92 bits per heavy atom. The molecule has 0 aromatic carbocycles. The van der Waals surface area contributed by atoms with Crippen molar-refractivity contribution in [1.82, 2.24) is 24.9 Å². The fraction of sp³-hybridized carbons (Fsp3) is 0.667. The highest BCUT2D eigenvalue weighted by Gasteiger charge is 2.19. The standard InChI is InChI=1S/C10H13ClN6O.C5H10O2/c11-8-7-5-14-9(12)16-17(7)10(15-8)18-6-2-1-3-13-4-6;6-5-2-1-3-7-4-5/h5-6,13H,1-4H2,(H2,12,16);5-6H,1-4H2. The number of aliphatic hydroxyl groups is 1. The highest BCUT2D eigenvalue weighted by molar-refractivity contribution is 6.32. The van der Waals surface area contributed by atoms with E-state index in [0.29, 0.717) is 23.3 Å². The van der Waals surface area contributed by atoms with Crippen LogP contribution < -0.4 is 15.8 Å². The lowest BCUT2D eigenvalue weighted by atomic mass is 10.1. The first-order chi connectivity index (χ1) is 12.1. The van der Waals surface area contributed by atoms with E-state index < -0.39 is 0 Å². The predicted octanol–water partition coefficient (Wildman–Crippen LogP) is 0.648. The van der Waals surface area contributed by atoms with Gasteiger partial charge in [0.05, 0.1) is 18.9 Å². The Morgan fingerprint density at radius 2 is 2.28 bits per heavy atom. The van der Waals surface area contributed by atoms with Crippen LogP contribution in [-0.2, 0) is 4.74 Å². The van der Waals surface area contributed by atoms with Crippen molar-refractivity contribution in [3.8, 4) is 6.01 Å². The largest absolute Gasteiger partial charge is 0.459 e. The molecule has 4 rings (SSSR count). The molecule has 4 heterocycles. The van der Waals surface area contributed by atoms with Crippen LogP contribution in [0.2, 0.25) is 5.15 Å². The van der Waals surface area contributed by atoms with Gasteiger partial charge in [-0.15, -0.1) is 5.10 Å². The minimum Gasteiger partial charge on any atom is -0.459 e. The smallest absolute Gasteiger partial charge is 0.320 e. The van der Waals surface area contributed by atoms with E-state index >= 15 is 0 Å². The molecule has 0 bridgehead atoms. The van der Waals surface area contributed by atoms with Gasteiger partial charge in [0.1, 0.15) is 11.6 Å². The Kier molecular flexibility index (Phi) is 6.24. The molecule has 25 heavy (non-hydrogen) atoms. The van der Waals surface area contributed by atoms with Crippen LogP contribution in [0.25, 0.3) is 5.52 Å². The molecule has 10 heteroatoms. The SMILES string of the molecule is Nc1ncc2c(Cl)nc(OC3CCCNC3)n2n1.OC1CCCOC1. The lowest BCUT2D eigenvalue weighted by Gasteiger charge is -2.22. The van der Waals surface area contributed by atoms with Crippen molar-refractivity contribution in [3.05, 3.63) is 11.3 Å². The van der Waals surface area contributed by atoms with Crippen molar-refractivity contribution in [2.45, 2.75) is 37.9 Å². The number of hydrogen-bond donors (Lipinski definition) is 3. The molecule has 138 valence electrons. The summed E-state index contributed by atoms with van der Waals surface area (Å²) < 4.78 is 12.2. The molecule has 2 unspecified atom stereocenters. The van der Waals surface area contributed by atoms with Crippen molar-refractivity contribution in [2.75, 3.05) is 32.0 Å². The highest BCUT2D eigenvalue weighted by atomic mass is 35.5. The number of aliphatic hydroxyl groups excluding tert-OH is 1. The molecule has 2 atom stereocenters. The molecule has 2 aliphatic heterocycles. The van der Waals surface area contributed by atoms with Gasteiger partial charge in [-0.25, -0.2) is 4.98 Å². The highest BCUT2D eigenvalue weighted by Crippen LogP contribution is 2.23. The fourth-order valence-electron chi connectivity index (χ4n) is 2.71. The first-order valence-corrected chi connectivity index (χ1v) is 8.81. The van der Waals surface area contributed by atoms with Crippen LogP contribution in [0.5, 0.6) is 6.01 Å². The number of nitrogens with one attached hydrogen (secondary N) is 1. The number of hydrogen-bond acceptors (Lipinski definition) is 8. The molecular formula is C15H23ClN6O3. The van der Waals surface area contributed by atoms with Gasteiger partial charge in [0.2, 0.25) is 5.95 Å². The summed E-state index contributed by atoms with van der Waals surface area (Å²) in [5.41, 5.74) is 6.14. The van der Waals surface area contributed by atoms with Crippen LogP contribution in [0, 0.1) is 0 Å². The van der Waals surface area contributed by atoms with E-state index in [2.05, 4.69) is 20.4 Å². The third-order valence-electron chi connectivity index (χ3n) is 4.00. The number of halogens is 1. The van der Waals surface area contributed by atoms with Gasteiger partial charge in [-0.05, 0) is 32.2 Å². The second-order valence-corrected chi connectivity index (χ2v) is 6.41. The van der Waals surface area contributed by atoms with Gasteiger partial charge in [0, 0.05) is 13.2 Å². The predicted molar refractivity (Wildman–Crippen MR) is 92.8 cm³/mol. The van der Waals surface area contributed by atoms with Gasteiger partial charge in [-0.3, -0.25) is 0 Å². The summed E-state index contributed by atoms with van der Waals surface area (Å²) in [4.78, 5) is 8.03. The second kappa shape index (κ2) is 8.61. The van der Waals surface area contributed by atoms with Gasteiger partial charge in [-0.1, -0.05) is 11.6 Å². The average Bonchev–Trinajstić information content (AvgIpc) is 2.92. The normalized spacial score (nSPS) is 23.8. The number of nitrogens with zero attached hydrogens (tertiary/aromatic N) is 4. The van der Waals surface area contributed by atoms with E-state index in [9.17, 15) is 0 Å². The number of imidazole rings is 1. The summed E-state index contributed by atoms with van der Waals surface area (Å²) in [6.45, 7) is 3.20. The minimum absolute atomic E-state index is 0.0802. The minimum atomic E-state index is -0.186. The van der Waals surface area contributed by atoms with Crippen LogP contribution in [0.4, 0.5) is 5.95 Å². The maximum absolute atomic E-state index is 8.78.